The monoisotopic (exact) mass is 260 g/mol. The molecule has 0 aliphatic heterocycles. The molecule has 0 unspecified atom stereocenters. The summed E-state index contributed by atoms with van der Waals surface area (Å²) in [5, 5.41) is 5.02. The highest BCUT2D eigenvalue weighted by Crippen LogP contribution is 2.41. The predicted molar refractivity (Wildman–Crippen MR) is 70.2 cm³/mol. The van der Waals surface area contributed by atoms with E-state index in [-0.39, 0.29) is 0 Å². The molecule has 1 saturated carbocycles. The SMILES string of the molecule is O=C(Nc1ccccc1)Oc1nc(C2CC2)cs1. The molecule has 2 aromatic rings. The minimum Gasteiger partial charge on any atom is -0.381 e. The van der Waals surface area contributed by atoms with Gasteiger partial charge in [0.25, 0.3) is 5.19 Å². The number of hydrogen-bond acceptors (Lipinski definition) is 4. The number of anilines is 1. The number of thiazole rings is 1. The molecule has 0 atom stereocenters. The second kappa shape index (κ2) is 4.78. The molecular weight excluding hydrogens is 248 g/mol. The summed E-state index contributed by atoms with van der Waals surface area (Å²) in [6.07, 6.45) is 1.89. The van der Waals surface area contributed by atoms with Crippen LogP contribution in [-0.4, -0.2) is 11.1 Å². The molecule has 3 rings (SSSR count). The Kier molecular flexibility index (Phi) is 2.98. The van der Waals surface area contributed by atoms with Crippen LogP contribution >= 0.6 is 11.3 Å². The van der Waals surface area contributed by atoms with Crippen LogP contribution in [0.4, 0.5) is 10.5 Å². The maximum Gasteiger partial charge on any atom is 0.419 e. The van der Waals surface area contributed by atoms with E-state index in [9.17, 15) is 4.79 Å². The number of nitrogens with zero attached hydrogens (tertiary/aromatic N) is 1. The van der Waals surface area contributed by atoms with Gasteiger partial charge in [0.05, 0.1) is 5.69 Å². The first-order valence-electron chi connectivity index (χ1n) is 5.80. The molecule has 92 valence electrons. The van der Waals surface area contributed by atoms with Crippen molar-refractivity contribution in [1.29, 1.82) is 0 Å². The van der Waals surface area contributed by atoms with Crippen LogP contribution < -0.4 is 10.1 Å². The fourth-order valence-corrected chi connectivity index (χ4v) is 2.38. The summed E-state index contributed by atoms with van der Waals surface area (Å²) < 4.78 is 5.13. The Bertz CT molecular complexity index is 549. The number of carbonyl (C=O) groups excluding carboxylic acids is 1. The van der Waals surface area contributed by atoms with E-state index >= 15 is 0 Å². The molecule has 1 fully saturated rings. The van der Waals surface area contributed by atoms with Gasteiger partial charge in [0.1, 0.15) is 0 Å². The van der Waals surface area contributed by atoms with Crippen LogP contribution in [0.3, 0.4) is 0 Å². The molecule has 1 aromatic heterocycles. The van der Waals surface area contributed by atoms with Crippen LogP contribution in [0.1, 0.15) is 24.5 Å². The van der Waals surface area contributed by atoms with Crippen LogP contribution in [0.15, 0.2) is 35.7 Å². The number of nitrogens with one attached hydrogen (secondary N) is 1. The van der Waals surface area contributed by atoms with Gasteiger partial charge in [-0.3, -0.25) is 5.32 Å². The molecule has 18 heavy (non-hydrogen) atoms. The average molecular weight is 260 g/mol. The topological polar surface area (TPSA) is 51.2 Å². The van der Waals surface area contributed by atoms with Gasteiger partial charge in [-0.25, -0.2) is 9.78 Å². The van der Waals surface area contributed by atoms with Crippen molar-refractivity contribution in [3.05, 3.63) is 41.4 Å². The fourth-order valence-electron chi connectivity index (χ4n) is 1.63. The van der Waals surface area contributed by atoms with Crippen LogP contribution in [-0.2, 0) is 0 Å². The van der Waals surface area contributed by atoms with Crippen molar-refractivity contribution < 1.29 is 9.53 Å². The van der Waals surface area contributed by atoms with Crippen LogP contribution in [0, 0.1) is 0 Å². The number of carbonyl (C=O) groups is 1. The van der Waals surface area contributed by atoms with Gasteiger partial charge >= 0.3 is 6.09 Å². The summed E-state index contributed by atoms with van der Waals surface area (Å²) in [4.78, 5) is 15.9. The van der Waals surface area contributed by atoms with Crippen molar-refractivity contribution in [2.75, 3.05) is 5.32 Å². The molecule has 1 aliphatic rings. The molecule has 0 spiro atoms. The third kappa shape index (κ3) is 2.68. The van der Waals surface area contributed by atoms with Crippen LogP contribution in [0.5, 0.6) is 5.19 Å². The third-order valence-corrected chi connectivity index (χ3v) is 3.43. The standard InChI is InChI=1S/C13H12N2O2S/c16-12(14-10-4-2-1-3-5-10)17-13-15-11(8-18-13)9-6-7-9/h1-5,8-9H,6-7H2,(H,14,16). The molecule has 0 radical (unpaired) electrons. The van der Waals surface area contributed by atoms with E-state index in [1.807, 2.05) is 23.6 Å². The zero-order chi connectivity index (χ0) is 12.4. The van der Waals surface area contributed by atoms with E-state index in [1.54, 1.807) is 12.1 Å². The number of benzene rings is 1. The summed E-state index contributed by atoms with van der Waals surface area (Å²) >= 11 is 1.36. The maximum atomic E-state index is 11.6. The fraction of sp³-hybridized carbons (Fsp3) is 0.231. The molecule has 1 aliphatic carbocycles. The summed E-state index contributed by atoms with van der Waals surface area (Å²) in [5.41, 5.74) is 1.75. The lowest BCUT2D eigenvalue weighted by atomic mass is 10.3. The summed E-state index contributed by atoms with van der Waals surface area (Å²) in [5.74, 6) is 0.579. The highest BCUT2D eigenvalue weighted by atomic mass is 32.1. The number of aromatic nitrogens is 1. The van der Waals surface area contributed by atoms with E-state index in [0.717, 1.165) is 5.69 Å². The molecular formula is C13H12N2O2S. The molecule has 0 saturated heterocycles. The van der Waals surface area contributed by atoms with Gasteiger partial charge in [-0.15, -0.1) is 0 Å². The Morgan fingerprint density at radius 3 is 2.83 bits per heavy atom. The van der Waals surface area contributed by atoms with Crippen molar-refractivity contribution in [1.82, 2.24) is 4.98 Å². The molecule has 1 aromatic carbocycles. The van der Waals surface area contributed by atoms with Crippen LogP contribution in [0.25, 0.3) is 0 Å². The first-order valence-corrected chi connectivity index (χ1v) is 6.68. The highest BCUT2D eigenvalue weighted by molar-refractivity contribution is 7.11. The summed E-state index contributed by atoms with van der Waals surface area (Å²) in [6, 6.07) is 9.20. The molecule has 1 heterocycles. The number of amides is 1. The first-order chi connectivity index (χ1) is 8.81. The second-order valence-electron chi connectivity index (χ2n) is 4.19. The Morgan fingerprint density at radius 2 is 2.11 bits per heavy atom. The Labute approximate surface area is 109 Å². The van der Waals surface area contributed by atoms with Gasteiger partial charge in [-0.1, -0.05) is 29.5 Å². The normalized spacial score (nSPS) is 14.2. The summed E-state index contributed by atoms with van der Waals surface area (Å²) in [6.45, 7) is 0. The van der Waals surface area contributed by atoms with Gasteiger partial charge < -0.3 is 4.74 Å². The largest absolute Gasteiger partial charge is 0.419 e. The lowest BCUT2D eigenvalue weighted by molar-refractivity contribution is 0.215. The zero-order valence-electron chi connectivity index (χ0n) is 9.63. The van der Waals surface area contributed by atoms with Crippen LogP contribution in [0.2, 0.25) is 0 Å². The third-order valence-electron chi connectivity index (χ3n) is 2.70. The van der Waals surface area contributed by atoms with Crippen molar-refractivity contribution in [3.63, 3.8) is 0 Å². The minimum atomic E-state index is -0.502. The van der Waals surface area contributed by atoms with Gasteiger partial charge in [-0.05, 0) is 25.0 Å². The minimum absolute atomic E-state index is 0.408. The Balaban J connectivity index is 1.59. The van der Waals surface area contributed by atoms with Gasteiger partial charge in [0.2, 0.25) is 0 Å². The Hall–Kier alpha value is -1.88. The lowest BCUT2D eigenvalue weighted by Gasteiger charge is -2.03. The highest BCUT2D eigenvalue weighted by Gasteiger charge is 2.26. The molecule has 5 heteroatoms. The average Bonchev–Trinajstić information content (AvgIpc) is 3.12. The predicted octanol–water partition coefficient (Wildman–Crippen LogP) is 3.63. The number of rotatable bonds is 3. The van der Waals surface area contributed by atoms with E-state index in [4.69, 9.17) is 4.74 Å². The van der Waals surface area contributed by atoms with E-state index in [1.165, 1.54) is 24.2 Å². The zero-order valence-corrected chi connectivity index (χ0v) is 10.4. The smallest absolute Gasteiger partial charge is 0.381 e. The van der Waals surface area contributed by atoms with E-state index in [0.29, 0.717) is 16.8 Å². The number of hydrogen-bond donors (Lipinski definition) is 1. The van der Waals surface area contributed by atoms with E-state index in [2.05, 4.69) is 10.3 Å². The molecule has 0 bridgehead atoms. The first kappa shape index (κ1) is 11.2. The summed E-state index contributed by atoms with van der Waals surface area (Å²) in [7, 11) is 0. The van der Waals surface area contributed by atoms with Crippen molar-refractivity contribution in [2.24, 2.45) is 0 Å². The van der Waals surface area contributed by atoms with E-state index < -0.39 is 6.09 Å². The lowest BCUT2D eigenvalue weighted by Crippen LogP contribution is -2.16. The second-order valence-corrected chi connectivity index (χ2v) is 5.01. The molecule has 4 nitrogen and oxygen atoms in total. The maximum absolute atomic E-state index is 11.6. The Morgan fingerprint density at radius 1 is 1.33 bits per heavy atom. The number of para-hydroxylation sites is 1. The van der Waals surface area contributed by atoms with Crippen molar-refractivity contribution >= 4 is 23.1 Å². The number of ether oxygens (including phenoxy) is 1. The van der Waals surface area contributed by atoms with Crippen molar-refractivity contribution in [2.45, 2.75) is 18.8 Å². The quantitative estimate of drug-likeness (QED) is 0.916. The molecule has 1 N–H and O–H groups in total. The van der Waals surface area contributed by atoms with Gasteiger partial charge in [0.15, 0.2) is 0 Å². The van der Waals surface area contributed by atoms with Crippen molar-refractivity contribution in [3.8, 4) is 5.19 Å². The molecule has 1 amide bonds. The van der Waals surface area contributed by atoms with Gasteiger partial charge in [0, 0.05) is 17.0 Å². The van der Waals surface area contributed by atoms with Gasteiger partial charge in [-0.2, -0.15) is 0 Å².